The predicted molar refractivity (Wildman–Crippen MR) is 46.9 cm³/mol. The SMILES string of the molecule is OC(c1cn[nH]n1)c1occc1Br. The van der Waals surface area contributed by atoms with Crippen molar-refractivity contribution in [3.05, 3.63) is 34.5 Å². The molecule has 13 heavy (non-hydrogen) atoms. The van der Waals surface area contributed by atoms with E-state index in [-0.39, 0.29) is 0 Å². The largest absolute Gasteiger partial charge is 0.465 e. The lowest BCUT2D eigenvalue weighted by Crippen LogP contribution is -1.99. The molecule has 1 unspecified atom stereocenters. The monoisotopic (exact) mass is 243 g/mol. The first-order chi connectivity index (χ1) is 6.29. The fraction of sp³-hybridized carbons (Fsp3) is 0.143. The topological polar surface area (TPSA) is 74.9 Å². The fourth-order valence-electron chi connectivity index (χ4n) is 0.977. The van der Waals surface area contributed by atoms with Gasteiger partial charge in [0.15, 0.2) is 11.9 Å². The van der Waals surface area contributed by atoms with Gasteiger partial charge in [-0.3, -0.25) is 0 Å². The summed E-state index contributed by atoms with van der Waals surface area (Å²) in [5, 5.41) is 19.5. The second-order valence-electron chi connectivity index (χ2n) is 2.43. The molecule has 2 aromatic rings. The lowest BCUT2D eigenvalue weighted by molar-refractivity contribution is 0.183. The second-order valence-corrected chi connectivity index (χ2v) is 3.28. The second kappa shape index (κ2) is 3.31. The third kappa shape index (κ3) is 1.50. The molecular formula is C7H6BrN3O2. The van der Waals surface area contributed by atoms with E-state index in [9.17, 15) is 5.11 Å². The normalized spacial score (nSPS) is 13.1. The first-order valence-electron chi connectivity index (χ1n) is 3.55. The van der Waals surface area contributed by atoms with E-state index >= 15 is 0 Å². The highest BCUT2D eigenvalue weighted by Crippen LogP contribution is 2.27. The molecule has 2 aromatic heterocycles. The fourth-order valence-corrected chi connectivity index (χ4v) is 1.40. The summed E-state index contributed by atoms with van der Waals surface area (Å²) in [6.07, 6.45) is 2.05. The molecule has 0 bridgehead atoms. The molecule has 0 aliphatic heterocycles. The van der Waals surface area contributed by atoms with Crippen LogP contribution in [-0.2, 0) is 0 Å². The van der Waals surface area contributed by atoms with E-state index in [1.165, 1.54) is 12.5 Å². The number of halogens is 1. The lowest BCUT2D eigenvalue weighted by atomic mass is 10.2. The van der Waals surface area contributed by atoms with E-state index in [0.29, 0.717) is 15.9 Å². The summed E-state index contributed by atoms with van der Waals surface area (Å²) in [4.78, 5) is 0. The van der Waals surface area contributed by atoms with Gasteiger partial charge in [0.2, 0.25) is 0 Å². The molecule has 0 aliphatic rings. The Bertz CT molecular complexity index is 384. The summed E-state index contributed by atoms with van der Waals surface area (Å²) in [7, 11) is 0. The van der Waals surface area contributed by atoms with Crippen molar-refractivity contribution in [1.82, 2.24) is 15.4 Å². The van der Waals surface area contributed by atoms with Crippen molar-refractivity contribution in [2.75, 3.05) is 0 Å². The van der Waals surface area contributed by atoms with Gasteiger partial charge >= 0.3 is 0 Å². The summed E-state index contributed by atoms with van der Waals surface area (Å²) >= 11 is 3.24. The van der Waals surface area contributed by atoms with Gasteiger partial charge < -0.3 is 9.52 Å². The summed E-state index contributed by atoms with van der Waals surface area (Å²) in [5.41, 5.74) is 0.427. The van der Waals surface area contributed by atoms with Crippen LogP contribution in [0.4, 0.5) is 0 Å². The molecule has 0 aromatic carbocycles. The molecule has 1 atom stereocenters. The molecule has 0 aliphatic carbocycles. The van der Waals surface area contributed by atoms with Crippen LogP contribution in [0, 0.1) is 0 Å². The van der Waals surface area contributed by atoms with Gasteiger partial charge in [-0.05, 0) is 22.0 Å². The van der Waals surface area contributed by atoms with Crippen LogP contribution in [0.1, 0.15) is 17.6 Å². The van der Waals surface area contributed by atoms with Crippen LogP contribution in [0.5, 0.6) is 0 Å². The summed E-state index contributed by atoms with van der Waals surface area (Å²) in [6.45, 7) is 0. The standard InChI is InChI=1S/C7H6BrN3O2/c8-4-1-2-13-7(4)6(12)5-3-9-11-10-5/h1-3,6,12H,(H,9,10,11). The Hall–Kier alpha value is -1.14. The quantitative estimate of drug-likeness (QED) is 0.833. The molecule has 2 rings (SSSR count). The summed E-state index contributed by atoms with van der Waals surface area (Å²) in [6, 6.07) is 1.71. The zero-order chi connectivity index (χ0) is 9.26. The van der Waals surface area contributed by atoms with E-state index < -0.39 is 6.10 Å². The summed E-state index contributed by atoms with van der Waals surface area (Å²) < 4.78 is 5.78. The number of hydrogen-bond acceptors (Lipinski definition) is 4. The molecule has 0 saturated heterocycles. The number of aromatic amines is 1. The first-order valence-corrected chi connectivity index (χ1v) is 4.35. The van der Waals surface area contributed by atoms with Crippen LogP contribution in [-0.4, -0.2) is 20.5 Å². The highest BCUT2D eigenvalue weighted by molar-refractivity contribution is 9.10. The molecule has 0 spiro atoms. The third-order valence-corrected chi connectivity index (χ3v) is 2.26. The minimum absolute atomic E-state index is 0.425. The van der Waals surface area contributed by atoms with E-state index in [4.69, 9.17) is 4.42 Å². The number of hydrogen-bond donors (Lipinski definition) is 2. The number of rotatable bonds is 2. The lowest BCUT2D eigenvalue weighted by Gasteiger charge is -2.02. The van der Waals surface area contributed by atoms with Gasteiger partial charge in [-0.15, -0.1) is 0 Å². The highest BCUT2D eigenvalue weighted by Gasteiger charge is 2.18. The van der Waals surface area contributed by atoms with Crippen LogP contribution in [0.15, 0.2) is 27.4 Å². The van der Waals surface area contributed by atoms with Crippen LogP contribution in [0.3, 0.4) is 0 Å². The minimum Gasteiger partial charge on any atom is -0.465 e. The maximum Gasteiger partial charge on any atom is 0.158 e. The molecule has 2 N–H and O–H groups in total. The zero-order valence-corrected chi connectivity index (χ0v) is 8.02. The average Bonchev–Trinajstić information content (AvgIpc) is 2.72. The van der Waals surface area contributed by atoms with Gasteiger partial charge in [0.25, 0.3) is 0 Å². The Morgan fingerprint density at radius 2 is 2.46 bits per heavy atom. The highest BCUT2D eigenvalue weighted by atomic mass is 79.9. The Balaban J connectivity index is 2.33. The zero-order valence-electron chi connectivity index (χ0n) is 6.44. The summed E-state index contributed by atoms with van der Waals surface area (Å²) in [5.74, 6) is 0.425. The molecule has 2 heterocycles. The number of nitrogens with zero attached hydrogens (tertiary/aromatic N) is 2. The molecule has 6 heteroatoms. The predicted octanol–water partition coefficient (Wildman–Crippen LogP) is 1.24. The van der Waals surface area contributed by atoms with Crippen molar-refractivity contribution in [3.8, 4) is 0 Å². The number of aliphatic hydroxyl groups excluding tert-OH is 1. The molecule has 0 fully saturated rings. The Morgan fingerprint density at radius 1 is 1.62 bits per heavy atom. The van der Waals surface area contributed by atoms with E-state index in [0.717, 1.165) is 0 Å². The molecule has 5 nitrogen and oxygen atoms in total. The smallest absolute Gasteiger partial charge is 0.158 e. The third-order valence-electron chi connectivity index (χ3n) is 1.61. The molecular weight excluding hydrogens is 238 g/mol. The number of aromatic nitrogens is 3. The van der Waals surface area contributed by atoms with E-state index in [1.54, 1.807) is 6.07 Å². The molecule has 0 amide bonds. The van der Waals surface area contributed by atoms with Crippen molar-refractivity contribution in [2.24, 2.45) is 0 Å². The Morgan fingerprint density at radius 3 is 3.00 bits per heavy atom. The van der Waals surface area contributed by atoms with Crippen molar-refractivity contribution in [1.29, 1.82) is 0 Å². The number of aliphatic hydroxyl groups is 1. The van der Waals surface area contributed by atoms with Crippen molar-refractivity contribution in [2.45, 2.75) is 6.10 Å². The maximum absolute atomic E-state index is 9.70. The van der Waals surface area contributed by atoms with E-state index in [2.05, 4.69) is 31.3 Å². The van der Waals surface area contributed by atoms with Gasteiger partial charge in [-0.2, -0.15) is 15.4 Å². The number of furan rings is 1. The maximum atomic E-state index is 9.70. The van der Waals surface area contributed by atoms with Crippen molar-refractivity contribution < 1.29 is 9.52 Å². The number of nitrogens with one attached hydrogen (secondary N) is 1. The van der Waals surface area contributed by atoms with E-state index in [1.807, 2.05) is 0 Å². The van der Waals surface area contributed by atoms with Crippen LogP contribution >= 0.6 is 15.9 Å². The van der Waals surface area contributed by atoms with Gasteiger partial charge in [0.05, 0.1) is 16.9 Å². The van der Waals surface area contributed by atoms with Crippen LogP contribution in [0.25, 0.3) is 0 Å². The van der Waals surface area contributed by atoms with Gasteiger partial charge in [0.1, 0.15) is 5.69 Å². The van der Waals surface area contributed by atoms with Gasteiger partial charge in [-0.1, -0.05) is 0 Å². The Kier molecular flexibility index (Phi) is 2.15. The van der Waals surface area contributed by atoms with Crippen LogP contribution < -0.4 is 0 Å². The Labute approximate surface area is 81.9 Å². The molecule has 68 valence electrons. The number of H-pyrrole nitrogens is 1. The average molecular weight is 244 g/mol. The van der Waals surface area contributed by atoms with Crippen LogP contribution in [0.2, 0.25) is 0 Å². The first kappa shape index (κ1) is 8.46. The minimum atomic E-state index is -0.886. The van der Waals surface area contributed by atoms with Gasteiger partial charge in [-0.25, -0.2) is 0 Å². The van der Waals surface area contributed by atoms with Crippen molar-refractivity contribution in [3.63, 3.8) is 0 Å². The van der Waals surface area contributed by atoms with Gasteiger partial charge in [0, 0.05) is 0 Å². The molecule has 0 saturated carbocycles. The molecule has 0 radical (unpaired) electrons. The van der Waals surface area contributed by atoms with Crippen molar-refractivity contribution >= 4 is 15.9 Å².